The van der Waals surface area contributed by atoms with Gasteiger partial charge in [-0.2, -0.15) is 0 Å². The quantitative estimate of drug-likeness (QED) is 0.271. The second kappa shape index (κ2) is 9.45. The lowest BCUT2D eigenvalue weighted by molar-refractivity contribution is -0.180. The number of likely N-dealkylation sites (N-methyl/N-ethyl adjacent to an activating group) is 1. The van der Waals surface area contributed by atoms with Gasteiger partial charge in [0.1, 0.15) is 28.9 Å². The summed E-state index contributed by atoms with van der Waals surface area (Å²) in [6.07, 6.45) is -1.49. The molecule has 0 unspecified atom stereocenters. The predicted octanol–water partition coefficient (Wildman–Crippen LogP) is 1.91. The number of esters is 1. The number of phenols is 1. The molecular formula is C29H36N2O9. The van der Waals surface area contributed by atoms with E-state index in [0.29, 0.717) is 11.1 Å². The molecule has 1 amide bonds. The van der Waals surface area contributed by atoms with Gasteiger partial charge in [-0.3, -0.25) is 24.1 Å². The first-order chi connectivity index (χ1) is 18.4. The number of ether oxygens (including phenoxy) is 1. The second-order valence-electron chi connectivity index (χ2n) is 12.0. The summed E-state index contributed by atoms with van der Waals surface area (Å²) in [6, 6.07) is 2.09. The van der Waals surface area contributed by atoms with E-state index in [9.17, 15) is 39.6 Å². The number of primary amides is 1. The SMILES string of the molecule is CCC(=O)O[C@@H]1[C@@H]2C(=C(O)[C@]3(O)C(=O)C(C(N)=O)=C(O)[C@@H](N(C)C)[C@@H]13)C(=O)c1c(ccc(C(C)(C)C)c1O)[C@H]2C. The maximum absolute atomic E-state index is 14.1. The van der Waals surface area contributed by atoms with E-state index in [-0.39, 0.29) is 17.7 Å². The molecule has 0 spiro atoms. The first-order valence-corrected chi connectivity index (χ1v) is 13.1. The standard InChI is InChI=1S/C29H36N2O9/c1-8-14(32)40-24-15-11(2)12-9-10-13(28(3,4)5)21(33)16(12)22(34)17(15)25(36)29(39)19(24)20(31(6)7)23(35)18(26(29)37)27(30)38/h9-11,15,19-20,24,33,35-36,39H,8H2,1-7H3,(H2,30,38)/t11-,15+,19+,20+,24-,29+/m1/s1. The Morgan fingerprint density at radius 2 is 1.73 bits per heavy atom. The maximum atomic E-state index is 14.1. The highest BCUT2D eigenvalue weighted by molar-refractivity contribution is 6.25. The maximum Gasteiger partial charge on any atom is 0.305 e. The Morgan fingerprint density at radius 3 is 2.23 bits per heavy atom. The molecular weight excluding hydrogens is 520 g/mol. The Hall–Kier alpha value is -3.70. The minimum Gasteiger partial charge on any atom is -0.510 e. The van der Waals surface area contributed by atoms with Crippen LogP contribution in [0.5, 0.6) is 5.75 Å². The number of benzene rings is 1. The number of phenolic OH excluding ortho intramolecular Hbond substituents is 1. The Kier molecular flexibility index (Phi) is 6.92. The van der Waals surface area contributed by atoms with E-state index in [1.54, 1.807) is 26.0 Å². The number of aliphatic hydroxyl groups excluding tert-OH is 2. The molecule has 11 nitrogen and oxygen atoms in total. The molecule has 216 valence electrons. The van der Waals surface area contributed by atoms with Crippen LogP contribution in [-0.2, 0) is 24.5 Å². The summed E-state index contributed by atoms with van der Waals surface area (Å²) >= 11 is 0. The lowest BCUT2D eigenvalue weighted by Crippen LogP contribution is -2.69. The molecule has 40 heavy (non-hydrogen) atoms. The Labute approximate surface area is 231 Å². The topological polar surface area (TPSA) is 188 Å². The molecule has 0 saturated carbocycles. The van der Waals surface area contributed by atoms with Crippen molar-refractivity contribution in [3.63, 3.8) is 0 Å². The minimum absolute atomic E-state index is 0.0804. The molecule has 0 saturated heterocycles. The number of carbonyl (C=O) groups is 4. The smallest absolute Gasteiger partial charge is 0.305 e. The summed E-state index contributed by atoms with van der Waals surface area (Å²) in [6.45, 7) is 8.82. The average Bonchev–Trinajstić information content (AvgIpc) is 2.84. The van der Waals surface area contributed by atoms with Crippen LogP contribution < -0.4 is 5.73 Å². The number of fused-ring (bicyclic) bond motifs is 3. The van der Waals surface area contributed by atoms with Gasteiger partial charge in [0.25, 0.3) is 5.91 Å². The molecule has 0 radical (unpaired) electrons. The normalized spacial score (nSPS) is 30.2. The van der Waals surface area contributed by atoms with E-state index in [1.807, 2.05) is 20.8 Å². The molecule has 0 aromatic heterocycles. The molecule has 0 heterocycles. The van der Waals surface area contributed by atoms with E-state index in [1.165, 1.54) is 19.0 Å². The van der Waals surface area contributed by atoms with E-state index < -0.39 is 87.0 Å². The first-order valence-electron chi connectivity index (χ1n) is 13.1. The van der Waals surface area contributed by atoms with Gasteiger partial charge in [-0.15, -0.1) is 0 Å². The van der Waals surface area contributed by atoms with Gasteiger partial charge in [-0.1, -0.05) is 46.8 Å². The Morgan fingerprint density at radius 1 is 1.12 bits per heavy atom. The number of Topliss-reactive ketones (excluding diaryl/α,β-unsaturated/α-hetero) is 2. The second-order valence-corrected chi connectivity index (χ2v) is 12.0. The van der Waals surface area contributed by atoms with Crippen LogP contribution in [0.25, 0.3) is 0 Å². The number of aromatic hydroxyl groups is 1. The van der Waals surface area contributed by atoms with Gasteiger partial charge in [0.15, 0.2) is 11.4 Å². The van der Waals surface area contributed by atoms with E-state index in [4.69, 9.17) is 10.5 Å². The molecule has 3 aliphatic rings. The largest absolute Gasteiger partial charge is 0.510 e. The average molecular weight is 557 g/mol. The third-order valence-electron chi connectivity index (χ3n) is 8.47. The van der Waals surface area contributed by atoms with Gasteiger partial charge in [0, 0.05) is 23.5 Å². The summed E-state index contributed by atoms with van der Waals surface area (Å²) in [5.74, 6) is -9.65. The monoisotopic (exact) mass is 556 g/mol. The van der Waals surface area contributed by atoms with Gasteiger partial charge < -0.3 is 30.9 Å². The van der Waals surface area contributed by atoms with Crippen LogP contribution in [0.4, 0.5) is 0 Å². The van der Waals surface area contributed by atoms with Gasteiger partial charge in [-0.25, -0.2) is 0 Å². The molecule has 3 aliphatic carbocycles. The fraction of sp³-hybridized carbons (Fsp3) is 0.517. The number of amides is 1. The molecule has 6 N–H and O–H groups in total. The van der Waals surface area contributed by atoms with Crippen LogP contribution in [0.15, 0.2) is 34.8 Å². The Balaban J connectivity index is 2.11. The predicted molar refractivity (Wildman–Crippen MR) is 143 cm³/mol. The fourth-order valence-electron chi connectivity index (χ4n) is 6.58. The first kappa shape index (κ1) is 29.3. The molecule has 4 rings (SSSR count). The number of aliphatic hydroxyl groups is 3. The number of hydrogen-bond acceptors (Lipinski definition) is 10. The van der Waals surface area contributed by atoms with Crippen molar-refractivity contribution in [2.45, 2.75) is 70.1 Å². The number of nitrogens with zero attached hydrogens (tertiary/aromatic N) is 1. The molecule has 0 bridgehead atoms. The van der Waals surface area contributed by atoms with Crippen molar-refractivity contribution in [1.82, 2.24) is 4.90 Å². The Bertz CT molecular complexity index is 1400. The van der Waals surface area contributed by atoms with Gasteiger partial charge in [0.05, 0.1) is 17.5 Å². The summed E-state index contributed by atoms with van der Waals surface area (Å²) in [4.78, 5) is 54.2. The van der Waals surface area contributed by atoms with E-state index in [2.05, 4.69) is 0 Å². The summed E-state index contributed by atoms with van der Waals surface area (Å²) < 4.78 is 5.82. The molecule has 0 aliphatic heterocycles. The lowest BCUT2D eigenvalue weighted by atomic mass is 9.55. The zero-order chi connectivity index (χ0) is 30.2. The van der Waals surface area contributed by atoms with Crippen LogP contribution in [0.3, 0.4) is 0 Å². The highest BCUT2D eigenvalue weighted by atomic mass is 16.5. The molecule has 0 fully saturated rings. The van der Waals surface area contributed by atoms with Gasteiger partial charge >= 0.3 is 5.97 Å². The van der Waals surface area contributed by atoms with Crippen molar-refractivity contribution in [3.05, 3.63) is 51.5 Å². The van der Waals surface area contributed by atoms with Crippen molar-refractivity contribution in [2.24, 2.45) is 17.6 Å². The van der Waals surface area contributed by atoms with Crippen molar-refractivity contribution in [1.29, 1.82) is 0 Å². The highest BCUT2D eigenvalue weighted by Gasteiger charge is 2.68. The summed E-state index contributed by atoms with van der Waals surface area (Å²) in [5, 5.41) is 46.0. The number of nitrogens with two attached hydrogens (primary N) is 1. The third kappa shape index (κ3) is 3.86. The van der Waals surface area contributed by atoms with Crippen LogP contribution in [0, 0.1) is 11.8 Å². The van der Waals surface area contributed by atoms with Crippen LogP contribution in [-0.4, -0.2) is 80.6 Å². The van der Waals surface area contributed by atoms with Crippen molar-refractivity contribution in [3.8, 4) is 5.75 Å². The van der Waals surface area contributed by atoms with Crippen LogP contribution >= 0.6 is 0 Å². The molecule has 6 atom stereocenters. The zero-order valence-corrected chi connectivity index (χ0v) is 23.6. The molecule has 11 heteroatoms. The van der Waals surface area contributed by atoms with Gasteiger partial charge in [0.2, 0.25) is 5.78 Å². The number of carbonyl (C=O) groups excluding carboxylic acids is 4. The summed E-state index contributed by atoms with van der Waals surface area (Å²) in [7, 11) is 3.00. The van der Waals surface area contributed by atoms with Crippen LogP contribution in [0.1, 0.15) is 68.4 Å². The van der Waals surface area contributed by atoms with Gasteiger partial charge in [-0.05, 0) is 31.0 Å². The lowest BCUT2D eigenvalue weighted by Gasteiger charge is -2.54. The number of ketones is 2. The van der Waals surface area contributed by atoms with Crippen molar-refractivity contribution >= 4 is 23.4 Å². The zero-order valence-electron chi connectivity index (χ0n) is 23.6. The van der Waals surface area contributed by atoms with E-state index >= 15 is 0 Å². The van der Waals surface area contributed by atoms with Crippen molar-refractivity contribution in [2.75, 3.05) is 14.1 Å². The highest BCUT2D eigenvalue weighted by Crippen LogP contribution is 2.57. The molecule has 1 aromatic carbocycles. The third-order valence-corrected chi connectivity index (χ3v) is 8.47. The summed E-state index contributed by atoms with van der Waals surface area (Å²) in [5.41, 5.74) is 1.35. The minimum atomic E-state index is -2.96. The number of hydrogen-bond donors (Lipinski definition) is 5. The van der Waals surface area contributed by atoms with Crippen LogP contribution in [0.2, 0.25) is 0 Å². The number of rotatable bonds is 4. The van der Waals surface area contributed by atoms with E-state index in [0.717, 1.165) is 0 Å². The molecule has 1 aromatic rings. The fourth-order valence-corrected chi connectivity index (χ4v) is 6.58. The van der Waals surface area contributed by atoms with Crippen molar-refractivity contribution < 1.29 is 44.3 Å².